The van der Waals surface area contributed by atoms with E-state index >= 15 is 0 Å². The third-order valence-corrected chi connectivity index (χ3v) is 8.69. The fraction of sp³-hybridized carbons (Fsp3) is 0.594. The summed E-state index contributed by atoms with van der Waals surface area (Å²) in [5.74, 6) is 0.498. The summed E-state index contributed by atoms with van der Waals surface area (Å²) in [6, 6.07) is 5.26. The van der Waals surface area contributed by atoms with Crippen molar-refractivity contribution >= 4 is 23.3 Å². The highest BCUT2D eigenvalue weighted by Gasteiger charge is 2.37. The summed E-state index contributed by atoms with van der Waals surface area (Å²) in [6.07, 6.45) is 6.74. The van der Waals surface area contributed by atoms with Crippen molar-refractivity contribution in [3.05, 3.63) is 46.3 Å². The van der Waals surface area contributed by atoms with Crippen molar-refractivity contribution < 1.29 is 19.1 Å². The Morgan fingerprint density at radius 1 is 1.15 bits per heavy atom. The van der Waals surface area contributed by atoms with E-state index in [2.05, 4.69) is 36.0 Å². The van der Waals surface area contributed by atoms with Gasteiger partial charge in [0.15, 0.2) is 5.78 Å². The molecule has 1 aromatic heterocycles. The van der Waals surface area contributed by atoms with Gasteiger partial charge in [-0.15, -0.1) is 0 Å². The molecule has 0 bridgehead atoms. The van der Waals surface area contributed by atoms with Crippen LogP contribution in [0.15, 0.2) is 18.2 Å². The quantitative estimate of drug-likeness (QED) is 0.444. The number of likely N-dealkylation sites (tertiary alicyclic amines) is 1. The summed E-state index contributed by atoms with van der Waals surface area (Å²) in [4.78, 5) is 47.8. The molecule has 2 amide bonds. The Bertz CT molecular complexity index is 1270. The van der Waals surface area contributed by atoms with Crippen molar-refractivity contribution in [3.63, 3.8) is 0 Å². The molecule has 2 N–H and O–H groups in total. The Labute approximate surface area is 237 Å². The minimum atomic E-state index is -0.648. The van der Waals surface area contributed by atoms with E-state index in [1.54, 1.807) is 0 Å². The van der Waals surface area contributed by atoms with Gasteiger partial charge >= 0.3 is 0 Å². The highest BCUT2D eigenvalue weighted by atomic mass is 16.5. The highest BCUT2D eigenvalue weighted by Crippen LogP contribution is 2.37. The van der Waals surface area contributed by atoms with Crippen molar-refractivity contribution in [1.29, 1.82) is 0 Å². The van der Waals surface area contributed by atoms with Crippen molar-refractivity contribution in [2.45, 2.75) is 85.1 Å². The minimum Gasteiger partial charge on any atom is -0.492 e. The van der Waals surface area contributed by atoms with Crippen molar-refractivity contribution in [2.24, 2.45) is 5.41 Å². The van der Waals surface area contributed by atoms with Crippen LogP contribution in [0, 0.1) is 12.3 Å². The molecule has 5 rings (SSSR count). The largest absolute Gasteiger partial charge is 0.492 e. The van der Waals surface area contributed by atoms with Gasteiger partial charge in [0.1, 0.15) is 24.1 Å². The second-order valence-electron chi connectivity index (χ2n) is 12.5. The van der Waals surface area contributed by atoms with Gasteiger partial charge in [-0.1, -0.05) is 39.7 Å². The second kappa shape index (κ2) is 11.8. The van der Waals surface area contributed by atoms with Gasteiger partial charge in [0, 0.05) is 36.3 Å². The molecule has 8 heteroatoms. The Kier molecular flexibility index (Phi) is 8.36. The molecule has 40 heavy (non-hydrogen) atoms. The second-order valence-corrected chi connectivity index (χ2v) is 12.5. The summed E-state index contributed by atoms with van der Waals surface area (Å²) >= 11 is 0. The number of fused-ring (bicyclic) bond motifs is 2. The molecule has 3 heterocycles. The molecule has 0 radical (unpaired) electrons. The van der Waals surface area contributed by atoms with Gasteiger partial charge in [-0.3, -0.25) is 19.3 Å². The molecule has 0 saturated carbocycles. The average Bonchev–Trinajstić information content (AvgIpc) is 3.65. The first-order valence-corrected chi connectivity index (χ1v) is 15.0. The van der Waals surface area contributed by atoms with Crippen LogP contribution in [-0.4, -0.2) is 66.3 Å². The Morgan fingerprint density at radius 2 is 1.93 bits per heavy atom. The summed E-state index contributed by atoms with van der Waals surface area (Å²) < 4.78 is 6.18. The predicted octanol–water partition coefficient (Wildman–Crippen LogP) is 4.83. The molecule has 216 valence electrons. The number of H-pyrrole nitrogens is 1. The topological polar surface area (TPSA) is 94.7 Å². The third kappa shape index (κ3) is 5.82. The molecule has 0 unspecified atom stereocenters. The van der Waals surface area contributed by atoms with Gasteiger partial charge in [-0.2, -0.15) is 0 Å². The number of aromatic amines is 1. The van der Waals surface area contributed by atoms with Crippen LogP contribution in [-0.2, 0) is 17.6 Å². The summed E-state index contributed by atoms with van der Waals surface area (Å²) in [6.45, 7) is 12.5. The highest BCUT2D eigenvalue weighted by molar-refractivity contribution is 6.06. The zero-order chi connectivity index (χ0) is 28.4. The first-order chi connectivity index (χ1) is 19.2. The van der Waals surface area contributed by atoms with Crippen LogP contribution in [0.25, 0.3) is 0 Å². The monoisotopic (exact) mass is 548 g/mol. The zero-order valence-corrected chi connectivity index (χ0v) is 24.5. The number of ketones is 1. The molecule has 3 aliphatic rings. The van der Waals surface area contributed by atoms with E-state index in [1.807, 2.05) is 30.0 Å². The van der Waals surface area contributed by atoms with E-state index in [0.717, 1.165) is 61.6 Å². The molecule has 8 nitrogen and oxygen atoms in total. The lowest BCUT2D eigenvalue weighted by Gasteiger charge is -2.28. The summed E-state index contributed by atoms with van der Waals surface area (Å²) in [5.41, 5.74) is 4.33. The maximum atomic E-state index is 13.9. The number of ether oxygens (including phenoxy) is 1. The molecule has 1 saturated heterocycles. The van der Waals surface area contributed by atoms with Crippen LogP contribution in [0.2, 0.25) is 0 Å². The lowest BCUT2D eigenvalue weighted by Crippen LogP contribution is -2.48. The fourth-order valence-corrected chi connectivity index (χ4v) is 6.60. The van der Waals surface area contributed by atoms with Gasteiger partial charge in [0.25, 0.3) is 5.91 Å². The van der Waals surface area contributed by atoms with Crippen LogP contribution in [0.3, 0.4) is 0 Å². The Balaban J connectivity index is 1.30. The number of aromatic nitrogens is 1. The standard InChI is InChI=1S/C32H44N4O4/c1-5-6-10-23(34-30(38)29-21(2)28-24(33-29)19-32(3,4)20-26(28)37)31(39)36-16-13-22-25(36)11-9-12-27(22)40-18-17-35-14-7-8-15-35/h9,11-12,23,33H,5-8,10,13-20H2,1-4H3,(H,34,38)/t23-/m0/s1. The van der Waals surface area contributed by atoms with E-state index in [4.69, 9.17) is 4.74 Å². The molecule has 1 atom stereocenters. The van der Waals surface area contributed by atoms with E-state index in [9.17, 15) is 14.4 Å². The SMILES string of the molecule is CCCC[C@H](NC(=O)c1[nH]c2c(c1C)C(=O)CC(C)(C)C2)C(=O)N1CCc2c(OCCN3CCCC3)cccc21. The van der Waals surface area contributed by atoms with Gasteiger partial charge in [0.05, 0.1) is 5.69 Å². The molecular formula is C32H44N4O4. The van der Waals surface area contributed by atoms with Crippen LogP contribution >= 0.6 is 0 Å². The fourth-order valence-electron chi connectivity index (χ4n) is 6.60. The molecule has 2 aromatic rings. The number of hydrogen-bond acceptors (Lipinski definition) is 5. The molecular weight excluding hydrogens is 504 g/mol. The Hall–Kier alpha value is -3.13. The van der Waals surface area contributed by atoms with E-state index < -0.39 is 6.04 Å². The lowest BCUT2D eigenvalue weighted by molar-refractivity contribution is -0.120. The minimum absolute atomic E-state index is 0.0739. The van der Waals surface area contributed by atoms with Gasteiger partial charge in [-0.05, 0) is 75.2 Å². The summed E-state index contributed by atoms with van der Waals surface area (Å²) in [7, 11) is 0. The normalized spacial score (nSPS) is 18.9. The first-order valence-electron chi connectivity index (χ1n) is 15.0. The van der Waals surface area contributed by atoms with Gasteiger partial charge in [0.2, 0.25) is 5.91 Å². The number of unbranched alkanes of at least 4 members (excludes halogenated alkanes) is 1. The van der Waals surface area contributed by atoms with E-state index in [-0.39, 0.29) is 23.0 Å². The number of carbonyl (C=O) groups excluding carboxylic acids is 3. The summed E-state index contributed by atoms with van der Waals surface area (Å²) in [5, 5.41) is 3.03. The molecule has 1 aromatic carbocycles. The molecule has 1 fully saturated rings. The molecule has 0 spiro atoms. The molecule has 1 aliphatic carbocycles. The first kappa shape index (κ1) is 28.4. The average molecular weight is 549 g/mol. The lowest BCUT2D eigenvalue weighted by atomic mass is 9.75. The van der Waals surface area contributed by atoms with Crippen LogP contribution in [0.4, 0.5) is 5.69 Å². The predicted molar refractivity (Wildman–Crippen MR) is 156 cm³/mol. The van der Waals surface area contributed by atoms with E-state index in [1.165, 1.54) is 12.8 Å². The zero-order valence-electron chi connectivity index (χ0n) is 24.5. The number of nitrogens with zero attached hydrogens (tertiary/aromatic N) is 2. The van der Waals surface area contributed by atoms with Crippen LogP contribution in [0.5, 0.6) is 5.75 Å². The van der Waals surface area contributed by atoms with Crippen LogP contribution in [0.1, 0.15) is 97.0 Å². The van der Waals surface area contributed by atoms with Gasteiger partial charge in [-0.25, -0.2) is 0 Å². The maximum absolute atomic E-state index is 13.9. The smallest absolute Gasteiger partial charge is 0.268 e. The van der Waals surface area contributed by atoms with Crippen molar-refractivity contribution in [3.8, 4) is 5.75 Å². The number of carbonyl (C=O) groups is 3. The van der Waals surface area contributed by atoms with Crippen LogP contribution < -0.4 is 15.0 Å². The van der Waals surface area contributed by atoms with Gasteiger partial charge < -0.3 is 19.9 Å². The number of Topliss-reactive ketones (excluding diaryl/α,β-unsaturated/α-hetero) is 1. The third-order valence-electron chi connectivity index (χ3n) is 8.69. The Morgan fingerprint density at radius 3 is 2.67 bits per heavy atom. The number of rotatable bonds is 10. The number of anilines is 1. The number of amides is 2. The number of nitrogens with one attached hydrogen (secondary N) is 2. The van der Waals surface area contributed by atoms with Crippen molar-refractivity contribution in [2.75, 3.05) is 37.7 Å². The molecule has 2 aliphatic heterocycles. The maximum Gasteiger partial charge on any atom is 0.268 e. The number of hydrogen-bond donors (Lipinski definition) is 2. The van der Waals surface area contributed by atoms with E-state index in [0.29, 0.717) is 49.2 Å². The number of benzene rings is 1. The van der Waals surface area contributed by atoms with Crippen molar-refractivity contribution in [1.82, 2.24) is 15.2 Å².